The zero-order valence-corrected chi connectivity index (χ0v) is 13.6. The molecule has 23 heavy (non-hydrogen) atoms. The normalized spacial score (nSPS) is 10.8. The Morgan fingerprint density at radius 1 is 0.739 bits per heavy atom. The second-order valence-electron chi connectivity index (χ2n) is 4.94. The lowest BCUT2D eigenvalue weighted by atomic mass is 10.2. The third-order valence-electron chi connectivity index (χ3n) is 3.39. The van der Waals surface area contributed by atoms with Crippen molar-refractivity contribution in [3.05, 3.63) is 66.0 Å². The molecule has 3 nitrogen and oxygen atoms in total. The summed E-state index contributed by atoms with van der Waals surface area (Å²) in [5, 5.41) is 13.9. The highest BCUT2D eigenvalue weighted by Gasteiger charge is 2.16. The molecule has 0 saturated carbocycles. The SMILES string of the molecule is Oc1nc(-c2ccccc2)sc1-c1csc(-c2ccccc2)n1. The number of nitrogens with zero attached hydrogens (tertiary/aromatic N) is 2. The molecular weight excluding hydrogens is 324 g/mol. The van der Waals surface area contributed by atoms with Crippen molar-refractivity contribution in [2.24, 2.45) is 0 Å². The molecule has 0 unspecified atom stereocenters. The van der Waals surface area contributed by atoms with Crippen molar-refractivity contribution in [1.82, 2.24) is 9.97 Å². The number of benzene rings is 2. The van der Waals surface area contributed by atoms with Crippen LogP contribution in [0.25, 0.3) is 31.7 Å². The largest absolute Gasteiger partial charge is 0.492 e. The van der Waals surface area contributed by atoms with E-state index in [2.05, 4.69) is 9.97 Å². The maximum Gasteiger partial charge on any atom is 0.232 e. The first kappa shape index (κ1) is 14.1. The predicted octanol–water partition coefficient (Wildman–Crippen LogP) is 5.31. The van der Waals surface area contributed by atoms with Gasteiger partial charge in [-0.05, 0) is 0 Å². The standard InChI is InChI=1S/C18H12N2OS2/c21-16-15(23-18(20-16)13-9-5-2-6-10-13)14-11-22-17(19-14)12-7-3-1-4-8-12/h1-11,21H. The van der Waals surface area contributed by atoms with Crippen LogP contribution in [0.4, 0.5) is 0 Å². The Morgan fingerprint density at radius 2 is 1.35 bits per heavy atom. The summed E-state index contributed by atoms with van der Waals surface area (Å²) in [4.78, 5) is 9.64. The molecule has 0 bridgehead atoms. The number of rotatable bonds is 3. The van der Waals surface area contributed by atoms with Crippen LogP contribution in [0.5, 0.6) is 5.88 Å². The third-order valence-corrected chi connectivity index (χ3v) is 5.40. The Balaban J connectivity index is 1.72. The molecule has 2 aromatic heterocycles. The van der Waals surface area contributed by atoms with Crippen molar-refractivity contribution >= 4 is 22.7 Å². The van der Waals surface area contributed by atoms with Crippen LogP contribution in [0.1, 0.15) is 0 Å². The van der Waals surface area contributed by atoms with Gasteiger partial charge in [0.2, 0.25) is 5.88 Å². The minimum atomic E-state index is 0.0405. The van der Waals surface area contributed by atoms with Crippen LogP contribution in [0.2, 0.25) is 0 Å². The topological polar surface area (TPSA) is 46.0 Å². The summed E-state index contributed by atoms with van der Waals surface area (Å²) in [5.41, 5.74) is 2.85. The van der Waals surface area contributed by atoms with Gasteiger partial charge in [-0.25, -0.2) is 9.97 Å². The second-order valence-corrected chi connectivity index (χ2v) is 6.80. The van der Waals surface area contributed by atoms with Gasteiger partial charge in [-0.1, -0.05) is 60.7 Å². The first-order valence-electron chi connectivity index (χ1n) is 7.08. The quantitative estimate of drug-likeness (QED) is 0.552. The van der Waals surface area contributed by atoms with E-state index in [-0.39, 0.29) is 5.88 Å². The molecule has 112 valence electrons. The van der Waals surface area contributed by atoms with Gasteiger partial charge in [0, 0.05) is 16.5 Å². The van der Waals surface area contributed by atoms with Gasteiger partial charge in [0.25, 0.3) is 0 Å². The lowest BCUT2D eigenvalue weighted by Gasteiger charge is -1.94. The van der Waals surface area contributed by atoms with E-state index < -0.39 is 0 Å². The molecule has 0 aliphatic rings. The van der Waals surface area contributed by atoms with Crippen molar-refractivity contribution in [2.45, 2.75) is 0 Å². The first-order valence-corrected chi connectivity index (χ1v) is 8.77. The smallest absolute Gasteiger partial charge is 0.232 e. The van der Waals surface area contributed by atoms with Gasteiger partial charge in [-0.15, -0.1) is 22.7 Å². The summed E-state index contributed by atoms with van der Waals surface area (Å²) in [6.45, 7) is 0. The molecule has 0 aliphatic heterocycles. The molecule has 4 rings (SSSR count). The summed E-state index contributed by atoms with van der Waals surface area (Å²) < 4.78 is 0. The van der Waals surface area contributed by atoms with Crippen LogP contribution in [0, 0.1) is 0 Å². The fourth-order valence-corrected chi connectivity index (χ4v) is 4.09. The molecule has 0 aliphatic carbocycles. The fourth-order valence-electron chi connectivity index (χ4n) is 2.27. The highest BCUT2D eigenvalue weighted by molar-refractivity contribution is 7.19. The lowest BCUT2D eigenvalue weighted by molar-refractivity contribution is 0.459. The van der Waals surface area contributed by atoms with Crippen molar-refractivity contribution in [3.63, 3.8) is 0 Å². The van der Waals surface area contributed by atoms with Gasteiger partial charge >= 0.3 is 0 Å². The zero-order chi connectivity index (χ0) is 15.6. The predicted molar refractivity (Wildman–Crippen MR) is 95.8 cm³/mol. The number of thiazole rings is 2. The highest BCUT2D eigenvalue weighted by Crippen LogP contribution is 2.40. The van der Waals surface area contributed by atoms with E-state index in [0.717, 1.165) is 26.8 Å². The number of aromatic hydroxyl groups is 1. The minimum Gasteiger partial charge on any atom is -0.492 e. The number of hydrogen-bond donors (Lipinski definition) is 1. The van der Waals surface area contributed by atoms with Gasteiger partial charge in [0.1, 0.15) is 14.9 Å². The molecule has 2 heterocycles. The molecule has 0 spiro atoms. The summed E-state index contributed by atoms with van der Waals surface area (Å²) in [5.74, 6) is 0.0405. The maximum absolute atomic E-state index is 10.2. The van der Waals surface area contributed by atoms with Crippen LogP contribution in [0.3, 0.4) is 0 Å². The van der Waals surface area contributed by atoms with Crippen LogP contribution >= 0.6 is 22.7 Å². The van der Waals surface area contributed by atoms with Gasteiger partial charge in [0.05, 0.1) is 5.69 Å². The van der Waals surface area contributed by atoms with Crippen LogP contribution in [0.15, 0.2) is 66.0 Å². The summed E-state index contributed by atoms with van der Waals surface area (Å²) >= 11 is 3.03. The van der Waals surface area contributed by atoms with Crippen molar-refractivity contribution in [2.75, 3.05) is 0 Å². The Kier molecular flexibility index (Phi) is 3.65. The fraction of sp³-hybridized carbons (Fsp3) is 0. The molecule has 0 saturated heterocycles. The van der Waals surface area contributed by atoms with E-state index >= 15 is 0 Å². The Bertz CT molecular complexity index is 930. The monoisotopic (exact) mass is 336 g/mol. The third kappa shape index (κ3) is 2.76. The van der Waals surface area contributed by atoms with E-state index in [1.54, 1.807) is 11.3 Å². The lowest BCUT2D eigenvalue weighted by Crippen LogP contribution is -1.77. The van der Waals surface area contributed by atoms with Crippen molar-refractivity contribution in [3.8, 4) is 37.6 Å². The van der Waals surface area contributed by atoms with Crippen molar-refractivity contribution in [1.29, 1.82) is 0 Å². The minimum absolute atomic E-state index is 0.0405. The Labute approximate surface area is 141 Å². The maximum atomic E-state index is 10.2. The summed E-state index contributed by atoms with van der Waals surface area (Å²) in [7, 11) is 0. The van der Waals surface area contributed by atoms with Gasteiger partial charge in [0.15, 0.2) is 0 Å². The molecule has 1 N–H and O–H groups in total. The molecule has 0 atom stereocenters. The summed E-state index contributed by atoms with van der Waals surface area (Å²) in [6, 6.07) is 19.9. The van der Waals surface area contributed by atoms with E-state index in [0.29, 0.717) is 4.88 Å². The average molecular weight is 336 g/mol. The van der Waals surface area contributed by atoms with Crippen LogP contribution in [-0.4, -0.2) is 15.1 Å². The Morgan fingerprint density at radius 3 is 2.00 bits per heavy atom. The van der Waals surface area contributed by atoms with Gasteiger partial charge in [-0.2, -0.15) is 0 Å². The molecule has 0 radical (unpaired) electrons. The molecule has 0 fully saturated rings. The van der Waals surface area contributed by atoms with Crippen molar-refractivity contribution < 1.29 is 5.11 Å². The average Bonchev–Trinajstić information content (AvgIpc) is 3.23. The van der Waals surface area contributed by atoms with E-state index in [1.807, 2.05) is 66.0 Å². The molecule has 0 amide bonds. The first-order chi connectivity index (χ1) is 11.3. The molecule has 4 aromatic rings. The van der Waals surface area contributed by atoms with Crippen LogP contribution in [-0.2, 0) is 0 Å². The highest BCUT2D eigenvalue weighted by atomic mass is 32.1. The molecule has 2 aromatic carbocycles. The summed E-state index contributed by atoms with van der Waals surface area (Å²) in [6.07, 6.45) is 0. The number of aromatic nitrogens is 2. The number of hydrogen-bond acceptors (Lipinski definition) is 5. The van der Waals surface area contributed by atoms with E-state index in [1.165, 1.54) is 11.3 Å². The van der Waals surface area contributed by atoms with Crippen LogP contribution < -0.4 is 0 Å². The van der Waals surface area contributed by atoms with Gasteiger partial charge < -0.3 is 5.11 Å². The molecule has 5 heteroatoms. The molecular formula is C18H12N2OS2. The van der Waals surface area contributed by atoms with Gasteiger partial charge in [-0.3, -0.25) is 0 Å². The van der Waals surface area contributed by atoms with E-state index in [9.17, 15) is 5.11 Å². The Hall–Kier alpha value is -2.50. The zero-order valence-electron chi connectivity index (χ0n) is 12.0. The van der Waals surface area contributed by atoms with E-state index in [4.69, 9.17) is 0 Å². The second kappa shape index (κ2) is 5.95.